The molecule has 0 saturated carbocycles. The quantitative estimate of drug-likeness (QED) is 0.852. The van der Waals surface area contributed by atoms with Crippen molar-refractivity contribution in [2.45, 2.75) is 13.2 Å². The summed E-state index contributed by atoms with van der Waals surface area (Å²) >= 11 is 0. The zero-order valence-electron chi connectivity index (χ0n) is 8.84. The van der Waals surface area contributed by atoms with E-state index in [1.165, 1.54) is 6.20 Å². The number of aromatic nitrogens is 1. The monoisotopic (exact) mass is 215 g/mol. The van der Waals surface area contributed by atoms with Gasteiger partial charge < -0.3 is 9.84 Å². The average Bonchev–Trinajstić information content (AvgIpc) is 2.33. The van der Waals surface area contributed by atoms with Gasteiger partial charge in [-0.3, -0.25) is 4.98 Å². The number of ether oxygens (including phenoxy) is 1. The Bertz CT molecular complexity index is 425. The Morgan fingerprint density at radius 2 is 1.81 bits per heavy atom. The van der Waals surface area contributed by atoms with Crippen molar-refractivity contribution in [1.29, 1.82) is 0 Å². The number of pyridine rings is 1. The summed E-state index contributed by atoms with van der Waals surface area (Å²) < 4.78 is 5.50. The fraction of sp³-hybridized carbons (Fsp3) is 0.154. The van der Waals surface area contributed by atoms with Crippen LogP contribution in [0.2, 0.25) is 0 Å². The van der Waals surface area contributed by atoms with Crippen LogP contribution in [0.1, 0.15) is 11.3 Å². The molecule has 0 fully saturated rings. The number of hydrogen-bond acceptors (Lipinski definition) is 3. The van der Waals surface area contributed by atoms with E-state index >= 15 is 0 Å². The van der Waals surface area contributed by atoms with Crippen molar-refractivity contribution < 1.29 is 9.84 Å². The molecule has 1 aromatic heterocycles. The maximum Gasteiger partial charge on any atom is 0.133 e. The molecule has 0 saturated heterocycles. The van der Waals surface area contributed by atoms with Crippen LogP contribution in [0.15, 0.2) is 48.7 Å². The molecule has 2 aromatic rings. The van der Waals surface area contributed by atoms with Gasteiger partial charge in [0.15, 0.2) is 0 Å². The number of nitrogens with zero attached hydrogens (tertiary/aromatic N) is 1. The van der Waals surface area contributed by atoms with Gasteiger partial charge in [-0.05, 0) is 17.7 Å². The lowest BCUT2D eigenvalue weighted by Gasteiger charge is -2.03. The first-order valence-electron chi connectivity index (χ1n) is 5.10. The van der Waals surface area contributed by atoms with Crippen LogP contribution in [0.3, 0.4) is 0 Å². The van der Waals surface area contributed by atoms with Gasteiger partial charge in [-0.15, -0.1) is 0 Å². The van der Waals surface area contributed by atoms with Crippen LogP contribution >= 0.6 is 0 Å². The molecule has 1 aromatic carbocycles. The van der Waals surface area contributed by atoms with Crippen LogP contribution < -0.4 is 0 Å². The molecule has 3 nitrogen and oxygen atoms in total. The van der Waals surface area contributed by atoms with Gasteiger partial charge in [-0.1, -0.05) is 30.3 Å². The van der Waals surface area contributed by atoms with Gasteiger partial charge in [0.2, 0.25) is 0 Å². The van der Waals surface area contributed by atoms with E-state index in [0.29, 0.717) is 13.2 Å². The Kier molecular flexibility index (Phi) is 3.51. The highest BCUT2D eigenvalue weighted by atomic mass is 16.5. The van der Waals surface area contributed by atoms with Gasteiger partial charge in [0, 0.05) is 0 Å². The SMILES string of the molecule is Oc1ccc(COCc2ccccc2)nc1. The molecule has 1 heterocycles. The highest BCUT2D eigenvalue weighted by Gasteiger charge is 1.96. The molecule has 16 heavy (non-hydrogen) atoms. The summed E-state index contributed by atoms with van der Waals surface area (Å²) in [6.45, 7) is 1.03. The molecule has 0 radical (unpaired) electrons. The van der Waals surface area contributed by atoms with Gasteiger partial charge in [0.25, 0.3) is 0 Å². The Hall–Kier alpha value is -1.87. The Labute approximate surface area is 94.3 Å². The van der Waals surface area contributed by atoms with Gasteiger partial charge in [-0.2, -0.15) is 0 Å². The van der Waals surface area contributed by atoms with E-state index in [-0.39, 0.29) is 5.75 Å². The first-order chi connectivity index (χ1) is 7.84. The van der Waals surface area contributed by atoms with Crippen molar-refractivity contribution in [3.05, 3.63) is 59.9 Å². The smallest absolute Gasteiger partial charge is 0.133 e. The average molecular weight is 215 g/mol. The van der Waals surface area contributed by atoms with Gasteiger partial charge >= 0.3 is 0 Å². The number of aromatic hydroxyl groups is 1. The maximum absolute atomic E-state index is 9.06. The fourth-order valence-electron chi connectivity index (χ4n) is 1.35. The van der Waals surface area contributed by atoms with E-state index in [0.717, 1.165) is 11.3 Å². The zero-order chi connectivity index (χ0) is 11.2. The molecule has 2 rings (SSSR count). The fourth-order valence-corrected chi connectivity index (χ4v) is 1.35. The maximum atomic E-state index is 9.06. The Balaban J connectivity index is 1.82. The molecule has 0 aliphatic rings. The molecule has 0 atom stereocenters. The molecule has 1 N–H and O–H groups in total. The van der Waals surface area contributed by atoms with E-state index in [9.17, 15) is 0 Å². The second-order valence-corrected chi connectivity index (χ2v) is 3.49. The van der Waals surface area contributed by atoms with Crippen molar-refractivity contribution >= 4 is 0 Å². The van der Waals surface area contributed by atoms with E-state index in [4.69, 9.17) is 9.84 Å². The summed E-state index contributed by atoms with van der Waals surface area (Å²) in [5.41, 5.74) is 1.95. The van der Waals surface area contributed by atoms with E-state index in [1.807, 2.05) is 30.3 Å². The summed E-state index contributed by atoms with van der Waals surface area (Å²) in [5, 5.41) is 9.06. The number of benzene rings is 1. The zero-order valence-corrected chi connectivity index (χ0v) is 8.84. The van der Waals surface area contributed by atoms with Crippen LogP contribution in [-0.4, -0.2) is 10.1 Å². The molecule has 0 unspecified atom stereocenters. The Morgan fingerprint density at radius 1 is 1.00 bits per heavy atom. The molecule has 82 valence electrons. The van der Waals surface area contributed by atoms with Crippen LogP contribution in [-0.2, 0) is 18.0 Å². The van der Waals surface area contributed by atoms with Crippen molar-refractivity contribution in [2.75, 3.05) is 0 Å². The second kappa shape index (κ2) is 5.28. The second-order valence-electron chi connectivity index (χ2n) is 3.49. The Morgan fingerprint density at radius 3 is 2.50 bits per heavy atom. The molecule has 0 amide bonds. The van der Waals surface area contributed by atoms with Crippen molar-refractivity contribution in [2.24, 2.45) is 0 Å². The van der Waals surface area contributed by atoms with Crippen LogP contribution in [0.4, 0.5) is 0 Å². The van der Waals surface area contributed by atoms with Gasteiger partial charge in [-0.25, -0.2) is 0 Å². The normalized spacial score (nSPS) is 10.2. The van der Waals surface area contributed by atoms with Crippen LogP contribution in [0.25, 0.3) is 0 Å². The summed E-state index contributed by atoms with van der Waals surface area (Å²) in [6.07, 6.45) is 1.42. The number of rotatable bonds is 4. The first kappa shape index (κ1) is 10.6. The highest BCUT2D eigenvalue weighted by Crippen LogP contribution is 2.08. The highest BCUT2D eigenvalue weighted by molar-refractivity contribution is 5.17. The van der Waals surface area contributed by atoms with E-state index in [1.54, 1.807) is 12.1 Å². The summed E-state index contributed by atoms with van der Waals surface area (Å²) in [4.78, 5) is 4.03. The lowest BCUT2D eigenvalue weighted by molar-refractivity contribution is 0.104. The molecule has 3 heteroatoms. The molecule has 0 aliphatic carbocycles. The van der Waals surface area contributed by atoms with Crippen molar-refractivity contribution in [3.63, 3.8) is 0 Å². The minimum Gasteiger partial charge on any atom is -0.506 e. The third-order valence-electron chi connectivity index (χ3n) is 2.17. The predicted molar refractivity (Wildman–Crippen MR) is 60.8 cm³/mol. The molecular weight excluding hydrogens is 202 g/mol. The van der Waals surface area contributed by atoms with Gasteiger partial charge in [0.1, 0.15) is 5.75 Å². The van der Waals surface area contributed by atoms with Crippen molar-refractivity contribution in [1.82, 2.24) is 4.98 Å². The molecule has 0 aliphatic heterocycles. The van der Waals surface area contributed by atoms with Gasteiger partial charge in [0.05, 0.1) is 25.1 Å². The minimum absolute atomic E-state index is 0.173. The summed E-state index contributed by atoms with van der Waals surface area (Å²) in [7, 11) is 0. The molecule has 0 spiro atoms. The topological polar surface area (TPSA) is 42.4 Å². The van der Waals surface area contributed by atoms with Crippen LogP contribution in [0.5, 0.6) is 5.75 Å². The third-order valence-corrected chi connectivity index (χ3v) is 2.17. The van der Waals surface area contributed by atoms with E-state index < -0.39 is 0 Å². The largest absolute Gasteiger partial charge is 0.506 e. The molecule has 0 bridgehead atoms. The summed E-state index contributed by atoms with van der Waals surface area (Å²) in [6, 6.07) is 13.3. The third kappa shape index (κ3) is 3.07. The van der Waals surface area contributed by atoms with E-state index in [2.05, 4.69) is 4.98 Å². The molecular formula is C13H13NO2. The summed E-state index contributed by atoms with van der Waals surface area (Å²) in [5.74, 6) is 0.173. The predicted octanol–water partition coefficient (Wildman–Crippen LogP) is 2.50. The minimum atomic E-state index is 0.173. The lowest BCUT2D eigenvalue weighted by atomic mass is 10.2. The lowest BCUT2D eigenvalue weighted by Crippen LogP contribution is -1.95. The van der Waals surface area contributed by atoms with Crippen LogP contribution in [0, 0.1) is 0 Å². The number of hydrogen-bond donors (Lipinski definition) is 1. The van der Waals surface area contributed by atoms with Crippen molar-refractivity contribution in [3.8, 4) is 5.75 Å². The first-order valence-corrected chi connectivity index (χ1v) is 5.10. The standard InChI is InChI=1S/C13H13NO2/c15-13-7-6-12(14-8-13)10-16-9-11-4-2-1-3-5-11/h1-8,15H,9-10H2.